The van der Waals surface area contributed by atoms with Crippen molar-refractivity contribution in [3.05, 3.63) is 87.5 Å². The van der Waals surface area contributed by atoms with Crippen molar-refractivity contribution >= 4 is 5.69 Å². The van der Waals surface area contributed by atoms with Crippen LogP contribution in [0.4, 0.5) is 5.69 Å². The standard InChI is InChI=1S/C23H25NO2/c1-13-9-18(10-14(2)22(13)25)21(17-5-7-20(24)8-6-17)19-11-15(3)23(26)16(4)12-19/h5-12,21,25-26H,24H2,1-4H3. The van der Waals surface area contributed by atoms with Crippen LogP contribution in [0.15, 0.2) is 48.5 Å². The predicted octanol–water partition coefficient (Wildman–Crippen LogP) is 5.09. The van der Waals surface area contributed by atoms with E-state index in [2.05, 4.69) is 0 Å². The monoisotopic (exact) mass is 347 g/mol. The molecule has 0 atom stereocenters. The van der Waals surface area contributed by atoms with Crippen molar-refractivity contribution in [3.63, 3.8) is 0 Å². The summed E-state index contributed by atoms with van der Waals surface area (Å²) in [6.07, 6.45) is 0. The van der Waals surface area contributed by atoms with Crippen LogP contribution in [-0.2, 0) is 0 Å². The molecule has 0 amide bonds. The van der Waals surface area contributed by atoms with Gasteiger partial charge in [-0.2, -0.15) is 0 Å². The molecule has 134 valence electrons. The maximum Gasteiger partial charge on any atom is 0.121 e. The number of rotatable bonds is 3. The van der Waals surface area contributed by atoms with Gasteiger partial charge in [0, 0.05) is 11.6 Å². The minimum Gasteiger partial charge on any atom is -0.507 e. The molecular formula is C23H25NO2. The van der Waals surface area contributed by atoms with E-state index in [1.165, 1.54) is 0 Å². The molecule has 0 unspecified atom stereocenters. The SMILES string of the molecule is Cc1cc(C(c2ccc(N)cc2)c2cc(C)c(O)c(C)c2)cc(C)c1O. The van der Waals surface area contributed by atoms with Crippen LogP contribution in [0.1, 0.15) is 44.9 Å². The normalized spacial score (nSPS) is 11.1. The highest BCUT2D eigenvalue weighted by atomic mass is 16.3. The van der Waals surface area contributed by atoms with Crippen molar-refractivity contribution in [2.45, 2.75) is 33.6 Å². The summed E-state index contributed by atoms with van der Waals surface area (Å²) in [5, 5.41) is 20.3. The summed E-state index contributed by atoms with van der Waals surface area (Å²) < 4.78 is 0. The van der Waals surface area contributed by atoms with Crippen LogP contribution in [-0.4, -0.2) is 10.2 Å². The van der Waals surface area contributed by atoms with Crippen LogP contribution in [0.2, 0.25) is 0 Å². The quantitative estimate of drug-likeness (QED) is 0.456. The van der Waals surface area contributed by atoms with Gasteiger partial charge in [-0.15, -0.1) is 0 Å². The Kier molecular flexibility index (Phi) is 4.64. The molecule has 4 N–H and O–H groups in total. The van der Waals surface area contributed by atoms with Gasteiger partial charge in [-0.1, -0.05) is 36.4 Å². The first-order chi connectivity index (χ1) is 12.3. The molecule has 3 nitrogen and oxygen atoms in total. The zero-order valence-electron chi connectivity index (χ0n) is 15.7. The first-order valence-electron chi connectivity index (χ1n) is 8.73. The zero-order chi connectivity index (χ0) is 19.0. The molecular weight excluding hydrogens is 322 g/mol. The molecule has 0 aliphatic heterocycles. The number of anilines is 1. The van der Waals surface area contributed by atoms with Crippen LogP contribution in [0.3, 0.4) is 0 Å². The first kappa shape index (κ1) is 17.9. The third-order valence-corrected chi connectivity index (χ3v) is 4.96. The molecule has 3 aromatic carbocycles. The lowest BCUT2D eigenvalue weighted by atomic mass is 9.82. The van der Waals surface area contributed by atoms with Gasteiger partial charge in [0.05, 0.1) is 0 Å². The third kappa shape index (κ3) is 3.25. The van der Waals surface area contributed by atoms with E-state index >= 15 is 0 Å². The number of hydrogen-bond acceptors (Lipinski definition) is 3. The van der Waals surface area contributed by atoms with Crippen molar-refractivity contribution < 1.29 is 10.2 Å². The molecule has 3 rings (SSSR count). The summed E-state index contributed by atoms with van der Waals surface area (Å²) in [5.41, 5.74) is 13.3. The Morgan fingerprint density at radius 3 is 1.31 bits per heavy atom. The molecule has 0 heterocycles. The summed E-state index contributed by atoms with van der Waals surface area (Å²) in [4.78, 5) is 0. The molecule has 0 radical (unpaired) electrons. The first-order valence-corrected chi connectivity index (χ1v) is 8.73. The Bertz CT molecular complexity index is 855. The van der Waals surface area contributed by atoms with Crippen molar-refractivity contribution in [2.24, 2.45) is 0 Å². The largest absolute Gasteiger partial charge is 0.507 e. The number of nitrogens with two attached hydrogens (primary N) is 1. The Labute approximate surface area is 154 Å². The summed E-state index contributed by atoms with van der Waals surface area (Å²) in [7, 11) is 0. The number of nitrogen functional groups attached to an aromatic ring is 1. The highest BCUT2D eigenvalue weighted by Gasteiger charge is 2.20. The molecule has 0 aliphatic rings. The average Bonchev–Trinajstić information content (AvgIpc) is 2.59. The van der Waals surface area contributed by atoms with Crippen LogP contribution in [0.25, 0.3) is 0 Å². The van der Waals surface area contributed by atoms with E-state index < -0.39 is 0 Å². The number of phenols is 2. The van der Waals surface area contributed by atoms with Gasteiger partial charge < -0.3 is 15.9 Å². The highest BCUT2D eigenvalue weighted by Crippen LogP contribution is 2.38. The number of aromatic hydroxyl groups is 2. The van der Waals surface area contributed by atoms with E-state index in [0.29, 0.717) is 11.5 Å². The van der Waals surface area contributed by atoms with E-state index in [0.717, 1.165) is 44.6 Å². The molecule has 3 heteroatoms. The van der Waals surface area contributed by atoms with Crippen molar-refractivity contribution in [1.29, 1.82) is 0 Å². The van der Waals surface area contributed by atoms with Gasteiger partial charge in [-0.3, -0.25) is 0 Å². The average molecular weight is 347 g/mol. The lowest BCUT2D eigenvalue weighted by Gasteiger charge is -2.22. The number of hydrogen-bond donors (Lipinski definition) is 3. The topological polar surface area (TPSA) is 66.5 Å². The molecule has 0 fully saturated rings. The van der Waals surface area contributed by atoms with Crippen LogP contribution in [0, 0.1) is 27.7 Å². The minimum atomic E-state index is -0.00778. The fourth-order valence-electron chi connectivity index (χ4n) is 3.58. The van der Waals surface area contributed by atoms with E-state index in [-0.39, 0.29) is 5.92 Å². The fourth-order valence-corrected chi connectivity index (χ4v) is 3.58. The van der Waals surface area contributed by atoms with Gasteiger partial charge in [0.2, 0.25) is 0 Å². The molecule has 3 aromatic rings. The predicted molar refractivity (Wildman–Crippen MR) is 107 cm³/mol. The Morgan fingerprint density at radius 1 is 0.615 bits per heavy atom. The molecule has 26 heavy (non-hydrogen) atoms. The Hall–Kier alpha value is -2.94. The van der Waals surface area contributed by atoms with Crippen molar-refractivity contribution in [3.8, 4) is 11.5 Å². The summed E-state index contributed by atoms with van der Waals surface area (Å²) >= 11 is 0. The van der Waals surface area contributed by atoms with Gasteiger partial charge in [-0.05, 0) is 78.8 Å². The molecule has 0 saturated carbocycles. The van der Waals surface area contributed by atoms with Gasteiger partial charge in [-0.25, -0.2) is 0 Å². The maximum atomic E-state index is 10.2. The number of aryl methyl sites for hydroxylation is 4. The summed E-state index contributed by atoms with van der Waals surface area (Å²) in [6, 6.07) is 16.0. The minimum absolute atomic E-state index is 0.00778. The second kappa shape index (κ2) is 6.75. The van der Waals surface area contributed by atoms with Crippen molar-refractivity contribution in [2.75, 3.05) is 5.73 Å². The van der Waals surface area contributed by atoms with Gasteiger partial charge in [0.15, 0.2) is 0 Å². The van der Waals surface area contributed by atoms with Gasteiger partial charge in [0.25, 0.3) is 0 Å². The summed E-state index contributed by atoms with van der Waals surface area (Å²) in [6.45, 7) is 7.66. The maximum absolute atomic E-state index is 10.2. The zero-order valence-corrected chi connectivity index (χ0v) is 15.7. The summed E-state index contributed by atoms with van der Waals surface area (Å²) in [5.74, 6) is 0.664. The molecule has 0 bridgehead atoms. The third-order valence-electron chi connectivity index (χ3n) is 4.96. The molecule has 0 saturated heterocycles. The van der Waals surface area contributed by atoms with E-state index in [4.69, 9.17) is 5.73 Å². The van der Waals surface area contributed by atoms with Crippen LogP contribution < -0.4 is 5.73 Å². The van der Waals surface area contributed by atoms with E-state index in [1.807, 2.05) is 76.2 Å². The second-order valence-electron chi connectivity index (χ2n) is 7.11. The van der Waals surface area contributed by atoms with Crippen LogP contribution in [0.5, 0.6) is 11.5 Å². The second-order valence-corrected chi connectivity index (χ2v) is 7.11. The highest BCUT2D eigenvalue weighted by molar-refractivity contribution is 5.54. The Balaban J connectivity index is 2.25. The molecule has 0 spiro atoms. The van der Waals surface area contributed by atoms with E-state index in [1.54, 1.807) is 0 Å². The number of benzene rings is 3. The lowest BCUT2D eigenvalue weighted by molar-refractivity contribution is 0.466. The molecule has 0 aliphatic carbocycles. The van der Waals surface area contributed by atoms with E-state index in [9.17, 15) is 10.2 Å². The Morgan fingerprint density at radius 2 is 0.962 bits per heavy atom. The smallest absolute Gasteiger partial charge is 0.121 e. The van der Waals surface area contributed by atoms with Gasteiger partial charge in [0.1, 0.15) is 11.5 Å². The van der Waals surface area contributed by atoms with Crippen LogP contribution >= 0.6 is 0 Å². The molecule has 0 aromatic heterocycles. The van der Waals surface area contributed by atoms with Crippen molar-refractivity contribution in [1.82, 2.24) is 0 Å². The fraction of sp³-hybridized carbons (Fsp3) is 0.217. The lowest BCUT2D eigenvalue weighted by Crippen LogP contribution is -2.06. The number of phenolic OH excluding ortho intramolecular Hbond substituents is 2. The van der Waals surface area contributed by atoms with Gasteiger partial charge >= 0.3 is 0 Å².